The molecule has 0 radical (unpaired) electrons. The molecule has 26 heavy (non-hydrogen) atoms. The summed E-state index contributed by atoms with van der Waals surface area (Å²) in [5, 5.41) is 6.64. The lowest BCUT2D eigenvalue weighted by Crippen LogP contribution is -2.14. The Kier molecular flexibility index (Phi) is 5.22. The normalized spacial score (nSPS) is 10.5. The highest BCUT2D eigenvalue weighted by atomic mass is 16.5. The van der Waals surface area contributed by atoms with E-state index in [0.29, 0.717) is 24.3 Å². The lowest BCUT2D eigenvalue weighted by Gasteiger charge is -2.09. The number of hydrogen-bond acceptors (Lipinski definition) is 3. The number of aromatic nitrogens is 1. The highest BCUT2D eigenvalue weighted by Crippen LogP contribution is 2.22. The predicted octanol–water partition coefficient (Wildman–Crippen LogP) is 3.64. The molecule has 1 heterocycles. The van der Waals surface area contributed by atoms with Crippen molar-refractivity contribution in [2.45, 2.75) is 19.9 Å². The molecule has 0 atom stereocenters. The number of benzene rings is 2. The Morgan fingerprint density at radius 3 is 2.35 bits per heavy atom. The third kappa shape index (κ3) is 4.22. The molecule has 1 aromatic heterocycles. The third-order valence-electron chi connectivity index (χ3n) is 4.05. The topological polar surface area (TPSA) is 72.4 Å². The number of rotatable bonds is 6. The van der Waals surface area contributed by atoms with Crippen LogP contribution >= 0.6 is 0 Å². The minimum atomic E-state index is -0.127. The molecule has 0 saturated carbocycles. The van der Waals surface area contributed by atoms with Crippen molar-refractivity contribution in [3.8, 4) is 5.75 Å². The molecule has 3 aromatic rings. The SMILES string of the molecule is COc1ccc2c(ccn2CCC(=O)Nc2ccc(NC(C)=O)cc2)c1. The second-order valence-corrected chi connectivity index (χ2v) is 5.99. The van der Waals surface area contributed by atoms with Gasteiger partial charge in [-0.2, -0.15) is 0 Å². The standard InChI is InChI=1S/C20H21N3O3/c1-14(24)21-16-3-5-17(6-4-16)22-20(25)10-12-23-11-9-15-13-18(26-2)7-8-19(15)23/h3-9,11,13H,10,12H2,1-2H3,(H,21,24)(H,22,25). The van der Waals surface area contributed by atoms with Crippen LogP contribution in [-0.4, -0.2) is 23.5 Å². The van der Waals surface area contributed by atoms with Crippen LogP contribution in [0.3, 0.4) is 0 Å². The van der Waals surface area contributed by atoms with Crippen LogP contribution in [-0.2, 0) is 16.1 Å². The smallest absolute Gasteiger partial charge is 0.226 e. The molecule has 3 rings (SSSR count). The highest BCUT2D eigenvalue weighted by Gasteiger charge is 2.06. The summed E-state index contributed by atoms with van der Waals surface area (Å²) < 4.78 is 7.28. The molecule has 0 aliphatic heterocycles. The van der Waals surface area contributed by atoms with Gasteiger partial charge in [-0.1, -0.05) is 0 Å². The van der Waals surface area contributed by atoms with Crippen LogP contribution < -0.4 is 15.4 Å². The average molecular weight is 351 g/mol. The molecule has 2 amide bonds. The summed E-state index contributed by atoms with van der Waals surface area (Å²) in [6, 6.07) is 14.9. The average Bonchev–Trinajstić information content (AvgIpc) is 3.03. The van der Waals surface area contributed by atoms with Crippen molar-refractivity contribution in [1.29, 1.82) is 0 Å². The van der Waals surface area contributed by atoms with E-state index in [9.17, 15) is 9.59 Å². The van der Waals surface area contributed by atoms with Crippen molar-refractivity contribution in [3.63, 3.8) is 0 Å². The third-order valence-corrected chi connectivity index (χ3v) is 4.05. The number of carbonyl (C=O) groups is 2. The molecule has 0 bridgehead atoms. The molecule has 2 aromatic carbocycles. The molecule has 2 N–H and O–H groups in total. The van der Waals surface area contributed by atoms with Gasteiger partial charge in [0.25, 0.3) is 0 Å². The van der Waals surface area contributed by atoms with Crippen LogP contribution in [0.25, 0.3) is 10.9 Å². The summed E-state index contributed by atoms with van der Waals surface area (Å²) >= 11 is 0. The Morgan fingerprint density at radius 1 is 1.00 bits per heavy atom. The number of ether oxygens (including phenoxy) is 1. The number of anilines is 2. The number of hydrogen-bond donors (Lipinski definition) is 2. The Hall–Kier alpha value is -3.28. The molecular weight excluding hydrogens is 330 g/mol. The van der Waals surface area contributed by atoms with Crippen molar-refractivity contribution in [2.24, 2.45) is 0 Å². The zero-order valence-corrected chi connectivity index (χ0v) is 14.8. The number of amides is 2. The fourth-order valence-electron chi connectivity index (χ4n) is 2.79. The molecule has 6 heteroatoms. The Morgan fingerprint density at radius 2 is 1.69 bits per heavy atom. The van der Waals surface area contributed by atoms with E-state index >= 15 is 0 Å². The van der Waals surface area contributed by atoms with Crippen molar-refractivity contribution in [3.05, 3.63) is 54.7 Å². The van der Waals surface area contributed by atoms with Gasteiger partial charge in [0.15, 0.2) is 0 Å². The second-order valence-electron chi connectivity index (χ2n) is 5.99. The van der Waals surface area contributed by atoms with Crippen LogP contribution in [0.4, 0.5) is 11.4 Å². The van der Waals surface area contributed by atoms with E-state index in [1.54, 1.807) is 31.4 Å². The molecule has 0 spiro atoms. The Balaban J connectivity index is 1.58. The number of aryl methyl sites for hydroxylation is 1. The molecular formula is C20H21N3O3. The zero-order chi connectivity index (χ0) is 18.5. The first-order valence-corrected chi connectivity index (χ1v) is 8.35. The van der Waals surface area contributed by atoms with Gasteiger partial charge in [-0.25, -0.2) is 0 Å². The molecule has 0 saturated heterocycles. The van der Waals surface area contributed by atoms with Gasteiger partial charge in [0, 0.05) is 48.4 Å². The fraction of sp³-hybridized carbons (Fsp3) is 0.200. The molecule has 0 fully saturated rings. The van der Waals surface area contributed by atoms with Gasteiger partial charge >= 0.3 is 0 Å². The van der Waals surface area contributed by atoms with E-state index in [-0.39, 0.29) is 11.8 Å². The zero-order valence-electron chi connectivity index (χ0n) is 14.8. The maximum Gasteiger partial charge on any atom is 0.226 e. The van der Waals surface area contributed by atoms with Gasteiger partial charge in [0.05, 0.1) is 7.11 Å². The summed E-state index contributed by atoms with van der Waals surface area (Å²) in [4.78, 5) is 23.2. The molecule has 0 aliphatic carbocycles. The highest BCUT2D eigenvalue weighted by molar-refractivity contribution is 5.92. The van der Waals surface area contributed by atoms with E-state index in [2.05, 4.69) is 10.6 Å². The van der Waals surface area contributed by atoms with E-state index in [1.807, 2.05) is 35.0 Å². The van der Waals surface area contributed by atoms with Gasteiger partial charge in [0.2, 0.25) is 11.8 Å². The minimum Gasteiger partial charge on any atom is -0.497 e. The Bertz CT molecular complexity index is 929. The summed E-state index contributed by atoms with van der Waals surface area (Å²) in [6.07, 6.45) is 2.34. The first-order chi connectivity index (χ1) is 12.5. The monoisotopic (exact) mass is 351 g/mol. The summed E-state index contributed by atoms with van der Waals surface area (Å²) in [7, 11) is 1.64. The minimum absolute atomic E-state index is 0.0624. The van der Waals surface area contributed by atoms with Crippen molar-refractivity contribution in [1.82, 2.24) is 4.57 Å². The molecule has 134 valence electrons. The molecule has 0 aliphatic rings. The quantitative estimate of drug-likeness (QED) is 0.712. The first kappa shape index (κ1) is 17.5. The van der Waals surface area contributed by atoms with Crippen LogP contribution in [0.2, 0.25) is 0 Å². The maximum absolute atomic E-state index is 12.2. The molecule has 0 unspecified atom stereocenters. The van der Waals surface area contributed by atoms with Gasteiger partial charge in [-0.3, -0.25) is 9.59 Å². The summed E-state index contributed by atoms with van der Waals surface area (Å²) in [6.45, 7) is 2.04. The van der Waals surface area contributed by atoms with Gasteiger partial charge in [0.1, 0.15) is 5.75 Å². The van der Waals surface area contributed by atoms with E-state index in [1.165, 1.54) is 6.92 Å². The van der Waals surface area contributed by atoms with E-state index in [4.69, 9.17) is 4.74 Å². The number of fused-ring (bicyclic) bond motifs is 1. The van der Waals surface area contributed by atoms with E-state index in [0.717, 1.165) is 16.7 Å². The van der Waals surface area contributed by atoms with Crippen molar-refractivity contribution in [2.75, 3.05) is 17.7 Å². The number of carbonyl (C=O) groups excluding carboxylic acids is 2. The predicted molar refractivity (Wildman–Crippen MR) is 102 cm³/mol. The number of methoxy groups -OCH3 is 1. The van der Waals surface area contributed by atoms with Crippen LogP contribution in [0, 0.1) is 0 Å². The van der Waals surface area contributed by atoms with Crippen LogP contribution in [0.1, 0.15) is 13.3 Å². The summed E-state index contributed by atoms with van der Waals surface area (Å²) in [5.74, 6) is 0.627. The Labute approximate surface area is 151 Å². The lowest BCUT2D eigenvalue weighted by molar-refractivity contribution is -0.116. The first-order valence-electron chi connectivity index (χ1n) is 8.35. The van der Waals surface area contributed by atoms with Crippen LogP contribution in [0.5, 0.6) is 5.75 Å². The van der Waals surface area contributed by atoms with Gasteiger partial charge in [-0.05, 0) is 48.5 Å². The second kappa shape index (κ2) is 7.74. The van der Waals surface area contributed by atoms with E-state index < -0.39 is 0 Å². The van der Waals surface area contributed by atoms with Crippen LogP contribution in [0.15, 0.2) is 54.7 Å². The largest absolute Gasteiger partial charge is 0.497 e. The van der Waals surface area contributed by atoms with Gasteiger partial charge in [-0.15, -0.1) is 0 Å². The van der Waals surface area contributed by atoms with Crippen molar-refractivity contribution < 1.29 is 14.3 Å². The number of nitrogens with zero attached hydrogens (tertiary/aromatic N) is 1. The fourth-order valence-corrected chi connectivity index (χ4v) is 2.79. The molecule has 6 nitrogen and oxygen atoms in total. The summed E-state index contributed by atoms with van der Waals surface area (Å²) in [5.41, 5.74) is 2.47. The van der Waals surface area contributed by atoms with Crippen molar-refractivity contribution >= 4 is 34.1 Å². The maximum atomic E-state index is 12.2. The number of nitrogens with one attached hydrogen (secondary N) is 2. The van der Waals surface area contributed by atoms with Gasteiger partial charge < -0.3 is 19.9 Å². The lowest BCUT2D eigenvalue weighted by atomic mass is 10.2.